The number of nitrogens with one attached hydrogen (secondary N) is 1. The first-order chi connectivity index (χ1) is 18.8. The van der Waals surface area contributed by atoms with Crippen molar-refractivity contribution < 1.29 is 27.8 Å². The van der Waals surface area contributed by atoms with E-state index < -0.39 is 23.0 Å². The Kier molecular flexibility index (Phi) is 7.47. The number of nitrogens with zero attached hydrogens (tertiary/aromatic N) is 2. The van der Waals surface area contributed by atoms with Crippen molar-refractivity contribution in [2.24, 2.45) is 0 Å². The third kappa shape index (κ3) is 5.16. The summed E-state index contributed by atoms with van der Waals surface area (Å²) in [6, 6.07) is 11.8. The third-order valence-corrected chi connectivity index (χ3v) is 7.45. The van der Waals surface area contributed by atoms with Crippen LogP contribution in [-0.4, -0.2) is 47.1 Å². The van der Waals surface area contributed by atoms with E-state index in [2.05, 4.69) is 5.32 Å². The second-order valence-electron chi connectivity index (χ2n) is 9.87. The highest BCUT2D eigenvalue weighted by Gasteiger charge is 2.43. The topological polar surface area (TPSA) is 89.9 Å². The first-order valence-electron chi connectivity index (χ1n) is 12.8. The molecule has 2 aliphatic rings. The third-order valence-electron chi connectivity index (χ3n) is 7.45. The van der Waals surface area contributed by atoms with Gasteiger partial charge in [0.2, 0.25) is 5.43 Å². The quantitative estimate of drug-likeness (QED) is 0.495. The maximum atomic E-state index is 14.1. The van der Waals surface area contributed by atoms with E-state index >= 15 is 0 Å². The average Bonchev–Trinajstić information content (AvgIpc) is 3.07. The molecule has 204 valence electrons. The summed E-state index contributed by atoms with van der Waals surface area (Å²) in [5, 5.41) is 2.54. The summed E-state index contributed by atoms with van der Waals surface area (Å²) in [6.07, 6.45) is 2.50. The first-order valence-corrected chi connectivity index (χ1v) is 12.8. The Labute approximate surface area is 224 Å². The average molecular weight is 538 g/mol. The summed E-state index contributed by atoms with van der Waals surface area (Å²) in [5.41, 5.74) is -0.0845. The number of rotatable bonds is 7. The normalized spacial score (nSPS) is 20.3. The van der Waals surface area contributed by atoms with Crippen LogP contribution in [0, 0.1) is 11.6 Å². The molecule has 1 saturated heterocycles. The summed E-state index contributed by atoms with van der Waals surface area (Å²) >= 11 is 0. The molecule has 8 nitrogen and oxygen atoms in total. The predicted octanol–water partition coefficient (Wildman–Crippen LogP) is 3.83. The van der Waals surface area contributed by atoms with Crippen LogP contribution in [-0.2, 0) is 17.9 Å². The van der Waals surface area contributed by atoms with Crippen LogP contribution in [0.4, 0.5) is 8.78 Å². The molecule has 3 aromatic rings. The molecule has 1 N–H and O–H groups in total. The molecule has 1 fully saturated rings. The van der Waals surface area contributed by atoms with Crippen LogP contribution in [0.25, 0.3) is 0 Å². The lowest BCUT2D eigenvalue weighted by molar-refractivity contribution is 0.0327. The predicted molar refractivity (Wildman–Crippen MR) is 139 cm³/mol. The molecule has 0 radical (unpaired) electrons. The number of hydrogen-bond donors (Lipinski definition) is 1. The van der Waals surface area contributed by atoms with E-state index in [-0.39, 0.29) is 59.8 Å². The highest BCUT2D eigenvalue weighted by atomic mass is 19.1. The van der Waals surface area contributed by atoms with Crippen LogP contribution in [0.2, 0.25) is 0 Å². The monoisotopic (exact) mass is 537 g/mol. The number of aromatic nitrogens is 1. The summed E-state index contributed by atoms with van der Waals surface area (Å²) in [6.45, 7) is 2.06. The van der Waals surface area contributed by atoms with E-state index in [1.807, 2.05) is 37.3 Å². The summed E-state index contributed by atoms with van der Waals surface area (Å²) in [7, 11) is 1.60. The molecule has 2 bridgehead atoms. The Hall–Kier alpha value is -4.05. The summed E-state index contributed by atoms with van der Waals surface area (Å²) < 4.78 is 40.8. The number of ether oxygens (including phenoxy) is 2. The van der Waals surface area contributed by atoms with Crippen LogP contribution in [0.5, 0.6) is 5.75 Å². The summed E-state index contributed by atoms with van der Waals surface area (Å²) in [5.74, 6) is -2.89. The van der Waals surface area contributed by atoms with Gasteiger partial charge in [-0.15, -0.1) is 0 Å². The van der Waals surface area contributed by atoms with Gasteiger partial charge < -0.3 is 24.3 Å². The molecule has 0 spiro atoms. The van der Waals surface area contributed by atoms with E-state index in [9.17, 15) is 23.2 Å². The standard InChI is InChI=1S/C29H29F2N3O5/c1-17-8-11-24(38-2)23-15-33(17)29(37)25-27(39-16-18-6-4-3-5-7-18)26(35)21(14-34(23)25)28(36)32-13-19-9-10-20(30)12-22(19)31/h3-7,9-10,12,14,17,23-24H,8,11,13,15-16H2,1-2H3,(H,32,36)/t17-,23-,24+/m1/s1. The van der Waals surface area contributed by atoms with Gasteiger partial charge in [0.05, 0.1) is 12.1 Å². The van der Waals surface area contributed by atoms with Gasteiger partial charge in [-0.05, 0) is 31.4 Å². The molecule has 0 aliphatic carbocycles. The van der Waals surface area contributed by atoms with Crippen molar-refractivity contribution in [3.05, 3.63) is 99.0 Å². The molecule has 2 aromatic carbocycles. The Balaban J connectivity index is 1.57. The lowest BCUT2D eigenvalue weighted by Gasteiger charge is -2.39. The van der Waals surface area contributed by atoms with Crippen molar-refractivity contribution in [1.29, 1.82) is 0 Å². The van der Waals surface area contributed by atoms with Gasteiger partial charge in [-0.3, -0.25) is 14.4 Å². The van der Waals surface area contributed by atoms with E-state index in [1.54, 1.807) is 16.6 Å². The second-order valence-corrected chi connectivity index (χ2v) is 9.87. The van der Waals surface area contributed by atoms with Gasteiger partial charge in [0.25, 0.3) is 11.8 Å². The number of benzene rings is 2. The number of hydrogen-bond acceptors (Lipinski definition) is 5. The van der Waals surface area contributed by atoms with Crippen LogP contribution < -0.4 is 15.5 Å². The number of pyridine rings is 1. The van der Waals surface area contributed by atoms with Gasteiger partial charge in [-0.1, -0.05) is 36.4 Å². The maximum absolute atomic E-state index is 14.1. The van der Waals surface area contributed by atoms with Gasteiger partial charge >= 0.3 is 0 Å². The Morgan fingerprint density at radius 3 is 2.59 bits per heavy atom. The molecule has 3 heterocycles. The van der Waals surface area contributed by atoms with Crippen LogP contribution in [0.3, 0.4) is 0 Å². The van der Waals surface area contributed by atoms with E-state index in [0.29, 0.717) is 13.0 Å². The van der Waals surface area contributed by atoms with Crippen molar-refractivity contribution in [2.45, 2.75) is 51.1 Å². The van der Waals surface area contributed by atoms with Crippen molar-refractivity contribution in [2.75, 3.05) is 13.7 Å². The maximum Gasteiger partial charge on any atom is 0.274 e. The van der Waals surface area contributed by atoms with Crippen molar-refractivity contribution in [3.8, 4) is 5.75 Å². The van der Waals surface area contributed by atoms with Crippen LogP contribution >= 0.6 is 0 Å². The molecular weight excluding hydrogens is 508 g/mol. The SMILES string of the molecule is CO[C@H]1CC[C@@H](C)N2C[C@H]1n1cc(C(=O)NCc3ccc(F)cc3F)c(=O)c(OCc3ccccc3)c1C2=O. The molecule has 0 unspecified atom stereocenters. The van der Waals surface area contributed by atoms with Crippen LogP contribution in [0.1, 0.15) is 57.8 Å². The van der Waals surface area contributed by atoms with Gasteiger partial charge in [-0.25, -0.2) is 8.78 Å². The van der Waals surface area contributed by atoms with Gasteiger partial charge in [-0.2, -0.15) is 0 Å². The van der Waals surface area contributed by atoms with E-state index in [4.69, 9.17) is 9.47 Å². The molecule has 2 aliphatic heterocycles. The number of methoxy groups -OCH3 is 1. The highest BCUT2D eigenvalue weighted by molar-refractivity contribution is 5.99. The second kappa shape index (κ2) is 11.0. The molecule has 1 aromatic heterocycles. The number of carbonyl (C=O) groups excluding carboxylic acids is 2. The van der Waals surface area contributed by atoms with Crippen molar-refractivity contribution >= 4 is 11.8 Å². The molecule has 5 rings (SSSR count). The van der Waals surface area contributed by atoms with Gasteiger partial charge in [0.15, 0.2) is 11.4 Å². The fourth-order valence-corrected chi connectivity index (χ4v) is 5.25. The number of fused-ring (bicyclic) bond motifs is 4. The molecule has 10 heteroatoms. The number of carbonyl (C=O) groups is 2. The summed E-state index contributed by atoms with van der Waals surface area (Å²) in [4.78, 5) is 42.4. The van der Waals surface area contributed by atoms with Gasteiger partial charge in [0.1, 0.15) is 23.8 Å². The first kappa shape index (κ1) is 26.6. The Morgan fingerprint density at radius 2 is 1.87 bits per heavy atom. The number of halogens is 2. The zero-order chi connectivity index (χ0) is 27.7. The van der Waals surface area contributed by atoms with Crippen LogP contribution in [0.15, 0.2) is 59.5 Å². The fraction of sp³-hybridized carbons (Fsp3) is 0.345. The smallest absolute Gasteiger partial charge is 0.274 e. The van der Waals surface area contributed by atoms with Gasteiger partial charge in [0, 0.05) is 44.1 Å². The lowest BCUT2D eigenvalue weighted by Crippen LogP contribution is -2.49. The molecular formula is C29H29F2N3O5. The molecule has 0 saturated carbocycles. The highest BCUT2D eigenvalue weighted by Crippen LogP contribution is 2.36. The van der Waals surface area contributed by atoms with Crippen molar-refractivity contribution in [1.82, 2.24) is 14.8 Å². The molecule has 2 amide bonds. The minimum atomic E-state index is -0.814. The largest absolute Gasteiger partial charge is 0.483 e. The zero-order valence-electron chi connectivity index (χ0n) is 21.7. The Bertz CT molecular complexity index is 1460. The Morgan fingerprint density at radius 1 is 1.10 bits per heavy atom. The zero-order valence-corrected chi connectivity index (χ0v) is 21.7. The van der Waals surface area contributed by atoms with Crippen molar-refractivity contribution in [3.63, 3.8) is 0 Å². The minimum absolute atomic E-state index is 0.0101. The lowest BCUT2D eigenvalue weighted by atomic mass is 10.0. The number of amides is 2. The minimum Gasteiger partial charge on any atom is -0.483 e. The van der Waals surface area contributed by atoms with E-state index in [0.717, 1.165) is 24.1 Å². The fourth-order valence-electron chi connectivity index (χ4n) is 5.25. The molecule has 3 atom stereocenters. The van der Waals surface area contributed by atoms with E-state index in [1.165, 1.54) is 12.3 Å². The molecule has 39 heavy (non-hydrogen) atoms.